The van der Waals surface area contributed by atoms with Crippen LogP contribution in [0.4, 0.5) is 0 Å². The minimum Gasteiger partial charge on any atom is -0.480 e. The van der Waals surface area contributed by atoms with E-state index in [1.165, 1.54) is 0 Å². The predicted molar refractivity (Wildman–Crippen MR) is 59.9 cm³/mol. The highest BCUT2D eigenvalue weighted by molar-refractivity contribution is 5.78. The standard InChI is InChI=1S/C11H19N3O2/c1-13(2)7-8-14-5-3-11(9-12,4-6-14)10(15)16/h3-8H2,1-2H3,(H,15,16). The Kier molecular flexibility index (Phi) is 4.27. The van der Waals surface area contributed by atoms with E-state index in [1.54, 1.807) is 0 Å². The summed E-state index contributed by atoms with van der Waals surface area (Å²) in [5.41, 5.74) is -1.14. The number of nitriles is 1. The highest BCUT2D eigenvalue weighted by Crippen LogP contribution is 2.30. The molecule has 0 bridgehead atoms. The second kappa shape index (κ2) is 5.28. The van der Waals surface area contributed by atoms with E-state index >= 15 is 0 Å². The zero-order valence-electron chi connectivity index (χ0n) is 9.94. The number of carboxylic acid groups (broad SMARTS) is 1. The number of rotatable bonds is 4. The highest BCUT2D eigenvalue weighted by Gasteiger charge is 2.41. The van der Waals surface area contributed by atoms with Gasteiger partial charge < -0.3 is 14.9 Å². The molecule has 0 aromatic carbocycles. The quantitative estimate of drug-likeness (QED) is 0.742. The lowest BCUT2D eigenvalue weighted by atomic mass is 9.80. The third-order valence-corrected chi connectivity index (χ3v) is 3.20. The fraction of sp³-hybridized carbons (Fsp3) is 0.818. The number of likely N-dealkylation sites (tertiary alicyclic amines) is 1. The van der Waals surface area contributed by atoms with Gasteiger partial charge in [0.15, 0.2) is 5.41 Å². The normalized spacial score (nSPS) is 20.6. The Labute approximate surface area is 96.3 Å². The summed E-state index contributed by atoms with van der Waals surface area (Å²) < 4.78 is 0. The number of piperidine rings is 1. The summed E-state index contributed by atoms with van der Waals surface area (Å²) >= 11 is 0. The van der Waals surface area contributed by atoms with Crippen LogP contribution < -0.4 is 0 Å². The van der Waals surface area contributed by atoms with Gasteiger partial charge in [0.25, 0.3) is 0 Å². The van der Waals surface area contributed by atoms with E-state index in [4.69, 9.17) is 10.4 Å². The van der Waals surface area contributed by atoms with Crippen molar-refractivity contribution in [3.05, 3.63) is 0 Å². The molecule has 0 spiro atoms. The SMILES string of the molecule is CN(C)CCN1CCC(C#N)(C(=O)O)CC1. The molecule has 1 rings (SSSR count). The minimum atomic E-state index is -1.14. The number of likely N-dealkylation sites (N-methyl/N-ethyl adjacent to an activating group) is 1. The monoisotopic (exact) mass is 225 g/mol. The number of aliphatic carboxylic acids is 1. The van der Waals surface area contributed by atoms with E-state index in [0.717, 1.165) is 13.1 Å². The van der Waals surface area contributed by atoms with Gasteiger partial charge >= 0.3 is 5.97 Å². The summed E-state index contributed by atoms with van der Waals surface area (Å²) in [5.74, 6) is -0.970. The number of nitrogens with zero attached hydrogens (tertiary/aromatic N) is 3. The molecule has 1 fully saturated rings. The molecule has 0 aromatic heterocycles. The van der Waals surface area contributed by atoms with Crippen molar-refractivity contribution in [3.63, 3.8) is 0 Å². The smallest absolute Gasteiger partial charge is 0.324 e. The van der Waals surface area contributed by atoms with Crippen LogP contribution in [0, 0.1) is 16.7 Å². The Bertz CT molecular complexity index is 288. The minimum absolute atomic E-state index is 0.437. The largest absolute Gasteiger partial charge is 0.480 e. The van der Waals surface area contributed by atoms with E-state index in [-0.39, 0.29) is 0 Å². The van der Waals surface area contributed by atoms with E-state index < -0.39 is 11.4 Å². The molecule has 0 saturated carbocycles. The zero-order valence-corrected chi connectivity index (χ0v) is 9.94. The maximum absolute atomic E-state index is 11.0. The van der Waals surface area contributed by atoms with Crippen LogP contribution in [-0.4, -0.2) is 61.2 Å². The molecule has 90 valence electrons. The van der Waals surface area contributed by atoms with Gasteiger partial charge in [-0.25, -0.2) is 0 Å². The lowest BCUT2D eigenvalue weighted by Crippen LogP contribution is -2.45. The molecule has 0 radical (unpaired) electrons. The lowest BCUT2D eigenvalue weighted by Gasteiger charge is -2.34. The van der Waals surface area contributed by atoms with Crippen LogP contribution in [-0.2, 0) is 4.79 Å². The van der Waals surface area contributed by atoms with E-state index in [1.807, 2.05) is 20.2 Å². The first kappa shape index (κ1) is 12.9. The molecule has 0 atom stereocenters. The Hall–Kier alpha value is -1.12. The average molecular weight is 225 g/mol. The molecular weight excluding hydrogens is 206 g/mol. The third-order valence-electron chi connectivity index (χ3n) is 3.20. The van der Waals surface area contributed by atoms with Crippen LogP contribution in [0.1, 0.15) is 12.8 Å². The summed E-state index contributed by atoms with van der Waals surface area (Å²) in [6.07, 6.45) is 0.874. The van der Waals surface area contributed by atoms with Gasteiger partial charge in [-0.05, 0) is 26.9 Å². The summed E-state index contributed by atoms with van der Waals surface area (Å²) in [6.45, 7) is 3.31. The van der Waals surface area contributed by atoms with Crippen molar-refractivity contribution in [1.82, 2.24) is 9.80 Å². The van der Waals surface area contributed by atoms with Crippen LogP contribution in [0.2, 0.25) is 0 Å². The maximum Gasteiger partial charge on any atom is 0.324 e. The number of carbonyl (C=O) groups is 1. The van der Waals surface area contributed by atoms with Crippen molar-refractivity contribution in [2.45, 2.75) is 12.8 Å². The molecule has 0 unspecified atom stereocenters. The highest BCUT2D eigenvalue weighted by atomic mass is 16.4. The summed E-state index contributed by atoms with van der Waals surface area (Å²) in [6, 6.07) is 1.97. The fourth-order valence-electron chi connectivity index (χ4n) is 1.87. The molecular formula is C11H19N3O2. The van der Waals surface area contributed by atoms with Gasteiger partial charge in [-0.3, -0.25) is 4.79 Å². The first-order chi connectivity index (χ1) is 7.50. The van der Waals surface area contributed by atoms with Crippen LogP contribution in [0.15, 0.2) is 0 Å². The first-order valence-electron chi connectivity index (χ1n) is 5.52. The second-order valence-corrected chi connectivity index (χ2v) is 4.64. The lowest BCUT2D eigenvalue weighted by molar-refractivity contribution is -0.147. The number of carboxylic acids is 1. The van der Waals surface area contributed by atoms with E-state index in [9.17, 15) is 4.79 Å². The molecule has 0 aromatic rings. The van der Waals surface area contributed by atoms with Crippen molar-refractivity contribution in [3.8, 4) is 6.07 Å². The van der Waals surface area contributed by atoms with Crippen molar-refractivity contribution in [2.24, 2.45) is 5.41 Å². The van der Waals surface area contributed by atoms with Gasteiger partial charge in [-0.1, -0.05) is 0 Å². The third kappa shape index (κ3) is 2.94. The zero-order chi connectivity index (χ0) is 12.2. The van der Waals surface area contributed by atoms with Crippen molar-refractivity contribution in [2.75, 3.05) is 40.3 Å². The van der Waals surface area contributed by atoms with Crippen LogP contribution in [0.25, 0.3) is 0 Å². The van der Waals surface area contributed by atoms with Crippen molar-refractivity contribution in [1.29, 1.82) is 5.26 Å². The van der Waals surface area contributed by atoms with E-state index in [2.05, 4.69) is 9.80 Å². The first-order valence-corrected chi connectivity index (χ1v) is 5.52. The summed E-state index contributed by atoms with van der Waals surface area (Å²) in [5, 5.41) is 18.0. The molecule has 1 aliphatic rings. The van der Waals surface area contributed by atoms with Gasteiger partial charge in [-0.2, -0.15) is 5.26 Å². The van der Waals surface area contributed by atoms with Gasteiger partial charge in [0.1, 0.15) is 0 Å². The van der Waals surface area contributed by atoms with Gasteiger partial charge in [0.2, 0.25) is 0 Å². The Morgan fingerprint density at radius 3 is 2.44 bits per heavy atom. The number of hydrogen-bond donors (Lipinski definition) is 1. The van der Waals surface area contributed by atoms with Crippen molar-refractivity contribution < 1.29 is 9.90 Å². The molecule has 5 nitrogen and oxygen atoms in total. The maximum atomic E-state index is 11.0. The molecule has 16 heavy (non-hydrogen) atoms. The van der Waals surface area contributed by atoms with Crippen molar-refractivity contribution >= 4 is 5.97 Å². The second-order valence-electron chi connectivity index (χ2n) is 4.64. The molecule has 1 saturated heterocycles. The van der Waals surface area contributed by atoms with E-state index in [0.29, 0.717) is 25.9 Å². The predicted octanol–water partition coefficient (Wildman–Crippen LogP) is 0.238. The van der Waals surface area contributed by atoms with Crippen LogP contribution in [0.3, 0.4) is 0 Å². The van der Waals surface area contributed by atoms with Gasteiger partial charge in [-0.15, -0.1) is 0 Å². The molecule has 1 heterocycles. The fourth-order valence-corrected chi connectivity index (χ4v) is 1.87. The number of hydrogen-bond acceptors (Lipinski definition) is 4. The molecule has 0 amide bonds. The molecule has 1 N–H and O–H groups in total. The molecule has 5 heteroatoms. The van der Waals surface area contributed by atoms with Gasteiger partial charge in [0, 0.05) is 26.2 Å². The average Bonchev–Trinajstić information content (AvgIpc) is 2.26. The summed E-state index contributed by atoms with van der Waals surface area (Å²) in [4.78, 5) is 15.4. The van der Waals surface area contributed by atoms with Crippen LogP contribution >= 0.6 is 0 Å². The Balaban J connectivity index is 2.44. The van der Waals surface area contributed by atoms with Crippen LogP contribution in [0.5, 0.6) is 0 Å². The Morgan fingerprint density at radius 2 is 2.06 bits per heavy atom. The summed E-state index contributed by atoms with van der Waals surface area (Å²) in [7, 11) is 4.03. The Morgan fingerprint density at radius 1 is 1.50 bits per heavy atom. The topological polar surface area (TPSA) is 67.6 Å². The van der Waals surface area contributed by atoms with Gasteiger partial charge in [0.05, 0.1) is 6.07 Å². The molecule has 0 aliphatic carbocycles. The molecule has 1 aliphatic heterocycles.